The Morgan fingerprint density at radius 1 is 1.76 bits per heavy atom. The van der Waals surface area contributed by atoms with E-state index in [1.54, 1.807) is 12.0 Å². The number of nitrogens with zero attached hydrogens (tertiary/aromatic N) is 3. The first-order chi connectivity index (χ1) is 8.26. The summed E-state index contributed by atoms with van der Waals surface area (Å²) in [6, 6.07) is 0.0119. The second-order valence-corrected chi connectivity index (χ2v) is 4.13. The smallest absolute Gasteiger partial charge is 0.276 e. The van der Waals surface area contributed by atoms with Gasteiger partial charge in [-0.1, -0.05) is 0 Å². The van der Waals surface area contributed by atoms with Crippen LogP contribution in [0.1, 0.15) is 23.3 Å². The quantitative estimate of drug-likeness (QED) is 0.733. The summed E-state index contributed by atoms with van der Waals surface area (Å²) in [5.41, 5.74) is 6.04. The lowest BCUT2D eigenvalue weighted by molar-refractivity contribution is 0.0136. The first-order valence-electron chi connectivity index (χ1n) is 5.66. The fraction of sp³-hybridized carbons (Fsp3) is 0.700. The van der Waals surface area contributed by atoms with Crippen molar-refractivity contribution in [1.29, 1.82) is 0 Å². The molecule has 17 heavy (non-hydrogen) atoms. The molecule has 2 rings (SSSR count). The molecule has 0 saturated carbocycles. The minimum absolute atomic E-state index is 0.0119. The number of rotatable bonds is 3. The van der Waals surface area contributed by atoms with Crippen molar-refractivity contribution in [2.75, 3.05) is 20.2 Å². The number of H-pyrrole nitrogens is 1. The molecule has 0 aliphatic carbocycles. The molecule has 1 fully saturated rings. The van der Waals surface area contributed by atoms with Crippen LogP contribution in [0.3, 0.4) is 0 Å². The van der Waals surface area contributed by atoms with Crippen LogP contribution in [0.15, 0.2) is 6.20 Å². The van der Waals surface area contributed by atoms with Gasteiger partial charge in [0.25, 0.3) is 5.91 Å². The average Bonchev–Trinajstić information content (AvgIpc) is 2.91. The molecule has 1 aromatic heterocycles. The van der Waals surface area contributed by atoms with Crippen LogP contribution in [0.25, 0.3) is 0 Å². The Kier molecular flexibility index (Phi) is 3.70. The molecule has 7 heteroatoms. The molecule has 3 N–H and O–H groups in total. The van der Waals surface area contributed by atoms with E-state index < -0.39 is 0 Å². The fourth-order valence-electron chi connectivity index (χ4n) is 2.17. The Labute approximate surface area is 99.3 Å². The van der Waals surface area contributed by atoms with E-state index in [0.717, 1.165) is 12.8 Å². The van der Waals surface area contributed by atoms with Crippen LogP contribution in [0.4, 0.5) is 0 Å². The molecule has 2 heterocycles. The van der Waals surface area contributed by atoms with Gasteiger partial charge in [0.15, 0.2) is 5.69 Å². The van der Waals surface area contributed by atoms with Crippen LogP contribution in [0, 0.1) is 0 Å². The van der Waals surface area contributed by atoms with Gasteiger partial charge in [-0.3, -0.25) is 4.79 Å². The number of hydrogen-bond donors (Lipinski definition) is 2. The normalized spacial score (nSPS) is 24.9. The van der Waals surface area contributed by atoms with Gasteiger partial charge in [0.1, 0.15) is 0 Å². The lowest BCUT2D eigenvalue weighted by Crippen LogP contribution is -2.51. The van der Waals surface area contributed by atoms with Gasteiger partial charge < -0.3 is 15.4 Å². The number of amides is 1. The second kappa shape index (κ2) is 5.24. The highest BCUT2D eigenvalue weighted by molar-refractivity contribution is 5.92. The summed E-state index contributed by atoms with van der Waals surface area (Å²) in [5, 5.41) is 9.88. The summed E-state index contributed by atoms with van der Waals surface area (Å²) in [5.74, 6) is -0.122. The molecule has 1 aromatic rings. The molecule has 1 saturated heterocycles. The third kappa shape index (κ3) is 2.45. The number of aromatic amines is 1. The van der Waals surface area contributed by atoms with Crippen LogP contribution in [-0.2, 0) is 4.74 Å². The van der Waals surface area contributed by atoms with Gasteiger partial charge in [-0.2, -0.15) is 15.4 Å². The standard InChI is InChI=1S/C10H17N5O2/c1-17-8-2-3-15(7(4-8)5-11)10(16)9-6-12-14-13-9/h6-8H,2-5,11H2,1H3,(H,12,13,14). The van der Waals surface area contributed by atoms with E-state index in [4.69, 9.17) is 10.5 Å². The van der Waals surface area contributed by atoms with E-state index in [-0.39, 0.29) is 18.1 Å². The molecular weight excluding hydrogens is 222 g/mol. The Bertz CT molecular complexity index is 367. The van der Waals surface area contributed by atoms with Gasteiger partial charge in [0.2, 0.25) is 0 Å². The molecule has 0 aromatic carbocycles. The number of piperidine rings is 1. The van der Waals surface area contributed by atoms with Gasteiger partial charge in [0.05, 0.1) is 12.3 Å². The summed E-state index contributed by atoms with van der Waals surface area (Å²) in [7, 11) is 1.69. The van der Waals surface area contributed by atoms with Crippen molar-refractivity contribution in [3.63, 3.8) is 0 Å². The molecule has 0 bridgehead atoms. The molecule has 1 aliphatic rings. The second-order valence-electron chi connectivity index (χ2n) is 4.13. The zero-order valence-electron chi connectivity index (χ0n) is 9.80. The van der Waals surface area contributed by atoms with Crippen molar-refractivity contribution in [3.8, 4) is 0 Å². The fourth-order valence-corrected chi connectivity index (χ4v) is 2.17. The van der Waals surface area contributed by atoms with Crippen molar-refractivity contribution >= 4 is 5.91 Å². The summed E-state index contributed by atoms with van der Waals surface area (Å²) >= 11 is 0. The molecule has 7 nitrogen and oxygen atoms in total. The Balaban J connectivity index is 2.07. The van der Waals surface area contributed by atoms with E-state index in [0.29, 0.717) is 18.8 Å². The number of likely N-dealkylation sites (tertiary alicyclic amines) is 1. The van der Waals surface area contributed by atoms with E-state index in [2.05, 4.69) is 15.4 Å². The lowest BCUT2D eigenvalue weighted by Gasteiger charge is -2.38. The maximum absolute atomic E-state index is 12.1. The van der Waals surface area contributed by atoms with Gasteiger partial charge in [-0.15, -0.1) is 0 Å². The first-order valence-corrected chi connectivity index (χ1v) is 5.66. The Hall–Kier alpha value is -1.47. The predicted octanol–water partition coefficient (Wildman–Crippen LogP) is -0.617. The highest BCUT2D eigenvalue weighted by atomic mass is 16.5. The van der Waals surface area contributed by atoms with Crippen molar-refractivity contribution in [2.45, 2.75) is 25.0 Å². The third-order valence-electron chi connectivity index (χ3n) is 3.17. The van der Waals surface area contributed by atoms with Gasteiger partial charge in [-0.25, -0.2) is 0 Å². The number of nitrogens with one attached hydrogen (secondary N) is 1. The molecule has 0 spiro atoms. The molecule has 0 radical (unpaired) electrons. The molecular formula is C10H17N5O2. The first kappa shape index (κ1) is 12.0. The van der Waals surface area contributed by atoms with Gasteiger partial charge in [0, 0.05) is 26.2 Å². The largest absolute Gasteiger partial charge is 0.381 e. The van der Waals surface area contributed by atoms with Crippen LogP contribution < -0.4 is 5.73 Å². The zero-order valence-corrected chi connectivity index (χ0v) is 9.80. The van der Waals surface area contributed by atoms with Crippen LogP contribution in [-0.4, -0.2) is 58.6 Å². The minimum atomic E-state index is -0.122. The van der Waals surface area contributed by atoms with Crippen molar-refractivity contribution < 1.29 is 9.53 Å². The molecule has 1 aliphatic heterocycles. The number of carbonyl (C=O) groups excluding carboxylic acids is 1. The van der Waals surface area contributed by atoms with Crippen molar-refractivity contribution in [1.82, 2.24) is 20.3 Å². The Morgan fingerprint density at radius 3 is 3.18 bits per heavy atom. The van der Waals surface area contributed by atoms with Crippen molar-refractivity contribution in [2.24, 2.45) is 5.73 Å². The summed E-state index contributed by atoms with van der Waals surface area (Å²) in [6.45, 7) is 1.08. The van der Waals surface area contributed by atoms with Gasteiger partial charge in [-0.05, 0) is 12.8 Å². The highest BCUT2D eigenvalue weighted by Crippen LogP contribution is 2.20. The highest BCUT2D eigenvalue weighted by Gasteiger charge is 2.32. The van der Waals surface area contributed by atoms with Crippen LogP contribution >= 0.6 is 0 Å². The number of methoxy groups -OCH3 is 1. The van der Waals surface area contributed by atoms with E-state index in [9.17, 15) is 4.79 Å². The minimum Gasteiger partial charge on any atom is -0.381 e. The zero-order chi connectivity index (χ0) is 12.3. The lowest BCUT2D eigenvalue weighted by atomic mass is 9.99. The average molecular weight is 239 g/mol. The summed E-state index contributed by atoms with van der Waals surface area (Å²) in [6.07, 6.45) is 3.22. The molecule has 94 valence electrons. The number of hydrogen-bond acceptors (Lipinski definition) is 5. The predicted molar refractivity (Wildman–Crippen MR) is 60.3 cm³/mol. The van der Waals surface area contributed by atoms with Crippen molar-refractivity contribution in [3.05, 3.63) is 11.9 Å². The van der Waals surface area contributed by atoms with E-state index in [1.807, 2.05) is 0 Å². The van der Waals surface area contributed by atoms with Crippen LogP contribution in [0.5, 0.6) is 0 Å². The van der Waals surface area contributed by atoms with Gasteiger partial charge >= 0.3 is 0 Å². The monoisotopic (exact) mass is 239 g/mol. The number of aromatic nitrogens is 3. The molecule has 2 atom stereocenters. The number of ether oxygens (including phenoxy) is 1. The maximum Gasteiger partial charge on any atom is 0.276 e. The Morgan fingerprint density at radius 2 is 2.59 bits per heavy atom. The SMILES string of the molecule is COC1CCN(C(=O)c2cn[nH]n2)C(CN)C1. The van der Waals surface area contributed by atoms with E-state index >= 15 is 0 Å². The summed E-state index contributed by atoms with van der Waals surface area (Å²) in [4.78, 5) is 13.9. The van der Waals surface area contributed by atoms with E-state index in [1.165, 1.54) is 6.20 Å². The maximum atomic E-state index is 12.1. The number of nitrogens with two attached hydrogens (primary N) is 1. The third-order valence-corrected chi connectivity index (χ3v) is 3.17. The molecule has 1 amide bonds. The molecule has 2 unspecified atom stereocenters. The van der Waals surface area contributed by atoms with Crippen LogP contribution in [0.2, 0.25) is 0 Å². The summed E-state index contributed by atoms with van der Waals surface area (Å²) < 4.78 is 5.31. The number of carbonyl (C=O) groups is 1. The topological polar surface area (TPSA) is 97.1 Å².